The molecule has 0 bridgehead atoms. The molecule has 4 heteroatoms. The fourth-order valence-electron chi connectivity index (χ4n) is 1.23. The van der Waals surface area contributed by atoms with Gasteiger partial charge in [0.05, 0.1) is 11.0 Å². The number of benzene rings is 1. The van der Waals surface area contributed by atoms with Crippen molar-refractivity contribution in [1.82, 2.24) is 0 Å². The van der Waals surface area contributed by atoms with E-state index >= 15 is 0 Å². The zero-order valence-electron chi connectivity index (χ0n) is 9.32. The molecule has 1 rings (SSSR count). The molecule has 15 heavy (non-hydrogen) atoms. The first-order valence-electron chi connectivity index (χ1n) is 4.89. The minimum atomic E-state index is -3.07. The van der Waals surface area contributed by atoms with E-state index in [0.717, 1.165) is 5.56 Å². The van der Waals surface area contributed by atoms with Crippen LogP contribution in [0.2, 0.25) is 0 Å². The van der Waals surface area contributed by atoms with Crippen molar-refractivity contribution in [3.05, 3.63) is 29.3 Å². The van der Waals surface area contributed by atoms with Crippen molar-refractivity contribution in [3.8, 4) is 0 Å². The van der Waals surface area contributed by atoms with Crippen LogP contribution in [0.5, 0.6) is 0 Å². The summed E-state index contributed by atoms with van der Waals surface area (Å²) < 4.78 is 23.4. The standard InChI is InChI=1S/C11H17NO2S/c1-8(2)15(13,14)7-10-5-4-9(3)6-11(10)12/h4-6,8H,7,12H2,1-3H3. The Bertz CT molecular complexity index is 450. The van der Waals surface area contributed by atoms with E-state index < -0.39 is 9.84 Å². The summed E-state index contributed by atoms with van der Waals surface area (Å²) in [5, 5.41) is -0.363. The highest BCUT2D eigenvalue weighted by Gasteiger charge is 2.17. The number of nitrogen functional groups attached to an aromatic ring is 1. The Labute approximate surface area is 91.2 Å². The first-order valence-corrected chi connectivity index (χ1v) is 6.61. The second kappa shape index (κ2) is 4.23. The van der Waals surface area contributed by atoms with Crippen molar-refractivity contribution in [2.45, 2.75) is 31.8 Å². The monoisotopic (exact) mass is 227 g/mol. The number of hydrogen-bond acceptors (Lipinski definition) is 3. The molecule has 0 unspecified atom stereocenters. The Balaban J connectivity index is 3.01. The molecule has 0 amide bonds. The maximum atomic E-state index is 11.7. The number of hydrogen-bond donors (Lipinski definition) is 1. The van der Waals surface area contributed by atoms with Crippen molar-refractivity contribution >= 4 is 15.5 Å². The van der Waals surface area contributed by atoms with Gasteiger partial charge in [-0.2, -0.15) is 0 Å². The van der Waals surface area contributed by atoms with E-state index in [1.54, 1.807) is 26.0 Å². The second-order valence-electron chi connectivity index (χ2n) is 4.06. The van der Waals surface area contributed by atoms with Gasteiger partial charge in [0, 0.05) is 5.69 Å². The van der Waals surface area contributed by atoms with E-state index in [9.17, 15) is 8.42 Å². The number of anilines is 1. The lowest BCUT2D eigenvalue weighted by atomic mass is 10.1. The van der Waals surface area contributed by atoms with E-state index in [1.165, 1.54) is 0 Å². The van der Waals surface area contributed by atoms with Gasteiger partial charge >= 0.3 is 0 Å². The fraction of sp³-hybridized carbons (Fsp3) is 0.455. The summed E-state index contributed by atoms with van der Waals surface area (Å²) in [6.45, 7) is 5.29. The molecule has 0 atom stereocenters. The van der Waals surface area contributed by atoms with Crippen molar-refractivity contribution in [2.24, 2.45) is 0 Å². The van der Waals surface area contributed by atoms with E-state index in [0.29, 0.717) is 11.3 Å². The van der Waals surface area contributed by atoms with Crippen molar-refractivity contribution < 1.29 is 8.42 Å². The average Bonchev–Trinajstić information content (AvgIpc) is 2.09. The number of rotatable bonds is 3. The molecule has 0 aliphatic heterocycles. The van der Waals surface area contributed by atoms with Crippen LogP contribution in [0.1, 0.15) is 25.0 Å². The molecule has 0 aliphatic carbocycles. The van der Waals surface area contributed by atoms with Crippen LogP contribution in [0.25, 0.3) is 0 Å². The Morgan fingerprint density at radius 3 is 2.40 bits per heavy atom. The van der Waals surface area contributed by atoms with Gasteiger partial charge < -0.3 is 5.73 Å². The molecule has 1 aromatic rings. The van der Waals surface area contributed by atoms with Gasteiger partial charge in [-0.1, -0.05) is 12.1 Å². The Morgan fingerprint density at radius 2 is 1.93 bits per heavy atom. The number of aryl methyl sites for hydroxylation is 1. The molecule has 0 saturated heterocycles. The quantitative estimate of drug-likeness (QED) is 0.802. The van der Waals surface area contributed by atoms with Crippen molar-refractivity contribution in [3.63, 3.8) is 0 Å². The van der Waals surface area contributed by atoms with Crippen LogP contribution in [0.15, 0.2) is 18.2 Å². The molecule has 3 nitrogen and oxygen atoms in total. The zero-order chi connectivity index (χ0) is 11.6. The summed E-state index contributed by atoms with van der Waals surface area (Å²) in [4.78, 5) is 0. The summed E-state index contributed by atoms with van der Waals surface area (Å²) in [6.07, 6.45) is 0. The second-order valence-corrected chi connectivity index (χ2v) is 6.62. The molecule has 0 radical (unpaired) electrons. The molecule has 2 N–H and O–H groups in total. The Hall–Kier alpha value is -1.03. The fourth-order valence-corrected chi connectivity index (χ4v) is 2.26. The zero-order valence-corrected chi connectivity index (χ0v) is 10.1. The van der Waals surface area contributed by atoms with Crippen molar-refractivity contribution in [1.29, 1.82) is 0 Å². The van der Waals surface area contributed by atoms with Gasteiger partial charge in [-0.25, -0.2) is 8.42 Å². The molecule has 0 spiro atoms. The Kier molecular flexibility index (Phi) is 3.39. The lowest BCUT2D eigenvalue weighted by Crippen LogP contribution is -2.16. The first kappa shape index (κ1) is 12.0. The van der Waals surface area contributed by atoms with E-state index in [2.05, 4.69) is 0 Å². The maximum absolute atomic E-state index is 11.7. The topological polar surface area (TPSA) is 60.2 Å². The molecule has 0 aliphatic rings. The van der Waals surface area contributed by atoms with Gasteiger partial charge in [0.2, 0.25) is 0 Å². The summed E-state index contributed by atoms with van der Waals surface area (Å²) in [5.74, 6) is 0.0246. The van der Waals surface area contributed by atoms with E-state index in [1.807, 2.05) is 13.0 Å². The molecule has 0 saturated carbocycles. The molecule has 1 aromatic carbocycles. The van der Waals surface area contributed by atoms with Gasteiger partial charge in [-0.05, 0) is 38.0 Å². The normalized spacial score (nSPS) is 12.0. The van der Waals surface area contributed by atoms with Crippen LogP contribution in [-0.2, 0) is 15.6 Å². The predicted octanol–water partition coefficient (Wildman–Crippen LogP) is 1.90. The summed E-state index contributed by atoms with van der Waals surface area (Å²) in [7, 11) is -3.07. The number of sulfone groups is 1. The van der Waals surface area contributed by atoms with Crippen LogP contribution >= 0.6 is 0 Å². The highest BCUT2D eigenvalue weighted by atomic mass is 32.2. The van der Waals surface area contributed by atoms with Crippen LogP contribution < -0.4 is 5.73 Å². The minimum Gasteiger partial charge on any atom is -0.398 e. The minimum absolute atomic E-state index is 0.0246. The van der Waals surface area contributed by atoms with Gasteiger partial charge in [-0.3, -0.25) is 0 Å². The maximum Gasteiger partial charge on any atom is 0.156 e. The van der Waals surface area contributed by atoms with Gasteiger partial charge in [0.15, 0.2) is 9.84 Å². The Morgan fingerprint density at radius 1 is 1.33 bits per heavy atom. The van der Waals surface area contributed by atoms with Crippen LogP contribution in [-0.4, -0.2) is 13.7 Å². The third-order valence-electron chi connectivity index (χ3n) is 2.38. The number of nitrogens with two attached hydrogens (primary N) is 1. The third kappa shape index (κ3) is 2.96. The summed E-state index contributed by atoms with van der Waals surface area (Å²) >= 11 is 0. The van der Waals surface area contributed by atoms with Gasteiger partial charge in [0.25, 0.3) is 0 Å². The lowest BCUT2D eigenvalue weighted by molar-refractivity contribution is 0.586. The van der Waals surface area contributed by atoms with Crippen molar-refractivity contribution in [2.75, 3.05) is 5.73 Å². The molecule has 84 valence electrons. The molecular weight excluding hydrogens is 210 g/mol. The van der Waals surface area contributed by atoms with Crippen LogP contribution in [0, 0.1) is 6.92 Å². The average molecular weight is 227 g/mol. The molecular formula is C11H17NO2S. The summed E-state index contributed by atoms with van der Waals surface area (Å²) in [5.41, 5.74) is 8.05. The lowest BCUT2D eigenvalue weighted by Gasteiger charge is -2.10. The molecule has 0 aromatic heterocycles. The molecule has 0 heterocycles. The largest absolute Gasteiger partial charge is 0.398 e. The smallest absolute Gasteiger partial charge is 0.156 e. The van der Waals surface area contributed by atoms with E-state index in [4.69, 9.17) is 5.73 Å². The summed E-state index contributed by atoms with van der Waals surface area (Å²) in [6, 6.07) is 5.46. The molecule has 0 fully saturated rings. The van der Waals surface area contributed by atoms with Crippen LogP contribution in [0.3, 0.4) is 0 Å². The van der Waals surface area contributed by atoms with Gasteiger partial charge in [-0.15, -0.1) is 0 Å². The highest BCUT2D eigenvalue weighted by Crippen LogP contribution is 2.18. The predicted molar refractivity (Wildman–Crippen MR) is 63.4 cm³/mol. The van der Waals surface area contributed by atoms with E-state index in [-0.39, 0.29) is 11.0 Å². The van der Waals surface area contributed by atoms with Crippen LogP contribution in [0.4, 0.5) is 5.69 Å². The SMILES string of the molecule is Cc1ccc(CS(=O)(=O)C(C)C)c(N)c1. The third-order valence-corrected chi connectivity index (χ3v) is 4.53. The first-order chi connectivity index (χ1) is 6.83. The highest BCUT2D eigenvalue weighted by molar-refractivity contribution is 7.91. The van der Waals surface area contributed by atoms with Gasteiger partial charge in [0.1, 0.15) is 0 Å².